The highest BCUT2D eigenvalue weighted by Crippen LogP contribution is 2.19. The minimum Gasteiger partial charge on any atom is -0.382 e. The summed E-state index contributed by atoms with van der Waals surface area (Å²) in [4.78, 5) is 8.04. The number of guanidine groups is 1. The first-order chi connectivity index (χ1) is 11.3. The lowest BCUT2D eigenvalue weighted by Crippen LogP contribution is -2.53. The Morgan fingerprint density at radius 2 is 2.04 bits per heavy atom. The zero-order valence-electron chi connectivity index (χ0n) is 14.1. The van der Waals surface area contributed by atoms with Crippen molar-refractivity contribution in [2.45, 2.75) is 25.7 Å². The number of rotatable bonds is 4. The third-order valence-corrected chi connectivity index (χ3v) is 3.78. The van der Waals surface area contributed by atoms with Gasteiger partial charge in [0.15, 0.2) is 12.1 Å². The molecule has 1 aromatic rings. The second-order valence-corrected chi connectivity index (χ2v) is 5.68. The van der Waals surface area contributed by atoms with Gasteiger partial charge in [-0.2, -0.15) is 13.2 Å². The fourth-order valence-corrected chi connectivity index (χ4v) is 2.48. The molecule has 0 bridgehead atoms. The smallest absolute Gasteiger partial charge is 0.382 e. The predicted octanol–water partition coefficient (Wildman–Crippen LogP) is 1.22. The third-order valence-electron chi connectivity index (χ3n) is 3.78. The Labute approximate surface area is 161 Å². The summed E-state index contributed by atoms with van der Waals surface area (Å²) in [6, 6.07) is 1.88. The second-order valence-electron chi connectivity index (χ2n) is 5.68. The average molecular weight is 477 g/mol. The lowest BCUT2D eigenvalue weighted by molar-refractivity contribution is -0.201. The number of hydrogen-bond donors (Lipinski definition) is 2. The summed E-state index contributed by atoms with van der Waals surface area (Å²) in [7, 11) is 1.51. The van der Waals surface area contributed by atoms with Crippen LogP contribution in [0.5, 0.6) is 0 Å². The van der Waals surface area contributed by atoms with Gasteiger partial charge in [0.05, 0.1) is 12.2 Å². The monoisotopic (exact) mass is 477 g/mol. The van der Waals surface area contributed by atoms with Crippen LogP contribution < -0.4 is 5.32 Å². The van der Waals surface area contributed by atoms with Crippen LogP contribution in [0.25, 0.3) is 0 Å². The van der Waals surface area contributed by atoms with E-state index in [-0.39, 0.29) is 24.0 Å². The first kappa shape index (κ1) is 22.0. The normalized spacial score (nSPS) is 18.0. The molecule has 11 heteroatoms. The second kappa shape index (κ2) is 9.57. The van der Waals surface area contributed by atoms with Crippen molar-refractivity contribution in [2.24, 2.45) is 4.99 Å². The molecule has 25 heavy (non-hydrogen) atoms. The SMILES string of the molecule is CN=C(NCC(O)C(F)(F)F)N1CCN(Cc2cc(C)on2)CC1.I. The van der Waals surface area contributed by atoms with E-state index in [9.17, 15) is 13.2 Å². The molecule has 0 aromatic carbocycles. The number of nitrogens with one attached hydrogen (secondary N) is 1. The lowest BCUT2D eigenvalue weighted by atomic mass is 10.3. The summed E-state index contributed by atoms with van der Waals surface area (Å²) in [6.45, 7) is 4.60. The van der Waals surface area contributed by atoms with Crippen LogP contribution in [0.3, 0.4) is 0 Å². The van der Waals surface area contributed by atoms with Gasteiger partial charge in [-0.05, 0) is 6.92 Å². The van der Waals surface area contributed by atoms with Crippen LogP contribution in [0.15, 0.2) is 15.6 Å². The fourth-order valence-electron chi connectivity index (χ4n) is 2.48. The molecule has 0 aliphatic carbocycles. The number of nitrogens with zero attached hydrogens (tertiary/aromatic N) is 4. The summed E-state index contributed by atoms with van der Waals surface area (Å²) in [5.74, 6) is 1.12. The van der Waals surface area contributed by atoms with E-state index in [0.717, 1.165) is 24.5 Å². The Balaban J connectivity index is 0.00000312. The number of aromatic nitrogens is 1. The average Bonchev–Trinajstić information content (AvgIpc) is 2.93. The van der Waals surface area contributed by atoms with Crippen LogP contribution in [-0.4, -0.2) is 78.1 Å². The van der Waals surface area contributed by atoms with Gasteiger partial charge in [-0.15, -0.1) is 24.0 Å². The zero-order valence-corrected chi connectivity index (χ0v) is 16.4. The van der Waals surface area contributed by atoms with Crippen molar-refractivity contribution in [3.63, 3.8) is 0 Å². The van der Waals surface area contributed by atoms with E-state index < -0.39 is 18.8 Å². The number of piperazine rings is 1. The Morgan fingerprint density at radius 3 is 2.52 bits per heavy atom. The fraction of sp³-hybridized carbons (Fsp3) is 0.714. The van der Waals surface area contributed by atoms with E-state index in [0.29, 0.717) is 25.6 Å². The van der Waals surface area contributed by atoms with Crippen molar-refractivity contribution in [1.82, 2.24) is 20.3 Å². The van der Waals surface area contributed by atoms with Gasteiger partial charge in [0.25, 0.3) is 0 Å². The molecule has 0 saturated carbocycles. The number of hydrogen-bond acceptors (Lipinski definition) is 5. The van der Waals surface area contributed by atoms with Crippen LogP contribution in [0.1, 0.15) is 11.5 Å². The molecule has 0 spiro atoms. The van der Waals surface area contributed by atoms with Crippen molar-refractivity contribution in [3.05, 3.63) is 17.5 Å². The Morgan fingerprint density at radius 1 is 1.40 bits per heavy atom. The quantitative estimate of drug-likeness (QED) is 0.386. The van der Waals surface area contributed by atoms with Crippen LogP contribution in [0, 0.1) is 6.92 Å². The molecule has 1 aromatic heterocycles. The molecule has 2 N–H and O–H groups in total. The summed E-state index contributed by atoms with van der Waals surface area (Å²) >= 11 is 0. The number of halogens is 4. The third kappa shape index (κ3) is 6.62. The Kier molecular flexibility index (Phi) is 8.41. The predicted molar refractivity (Wildman–Crippen MR) is 96.9 cm³/mol. The maximum atomic E-state index is 12.3. The molecular formula is C14H23F3IN5O2. The molecule has 0 radical (unpaired) electrons. The maximum Gasteiger partial charge on any atom is 0.416 e. The molecular weight excluding hydrogens is 454 g/mol. The molecule has 2 heterocycles. The molecule has 1 saturated heterocycles. The number of aliphatic hydroxyl groups excluding tert-OH is 1. The Hall–Kier alpha value is -1.08. The molecule has 0 amide bonds. The molecule has 1 unspecified atom stereocenters. The van der Waals surface area contributed by atoms with Gasteiger partial charge in [0.1, 0.15) is 5.76 Å². The topological polar surface area (TPSA) is 77.1 Å². The molecule has 1 atom stereocenters. The number of alkyl halides is 3. The van der Waals surface area contributed by atoms with Crippen LogP contribution in [0.4, 0.5) is 13.2 Å². The van der Waals surface area contributed by atoms with Crippen molar-refractivity contribution >= 4 is 29.9 Å². The minimum absolute atomic E-state index is 0. The molecule has 1 fully saturated rings. The number of aliphatic imine (C=N–C) groups is 1. The highest BCUT2D eigenvalue weighted by atomic mass is 127. The molecule has 7 nitrogen and oxygen atoms in total. The number of aryl methyl sites for hydroxylation is 1. The number of aliphatic hydroxyl groups is 1. The zero-order chi connectivity index (χ0) is 17.7. The van der Waals surface area contributed by atoms with Gasteiger partial charge in [-0.1, -0.05) is 5.16 Å². The van der Waals surface area contributed by atoms with Gasteiger partial charge < -0.3 is 19.8 Å². The molecule has 1 aliphatic rings. The maximum absolute atomic E-state index is 12.3. The molecule has 1 aliphatic heterocycles. The van der Waals surface area contributed by atoms with Gasteiger partial charge in [0.2, 0.25) is 0 Å². The van der Waals surface area contributed by atoms with Gasteiger partial charge >= 0.3 is 6.18 Å². The van der Waals surface area contributed by atoms with E-state index in [2.05, 4.69) is 20.4 Å². The first-order valence-electron chi connectivity index (χ1n) is 7.64. The summed E-state index contributed by atoms with van der Waals surface area (Å²) in [5.41, 5.74) is 0.858. The Bertz CT molecular complexity index is 559. The van der Waals surface area contributed by atoms with Crippen LogP contribution in [-0.2, 0) is 6.54 Å². The summed E-state index contributed by atoms with van der Waals surface area (Å²) in [6.07, 6.45) is -7.05. The van der Waals surface area contributed by atoms with Crippen LogP contribution in [0.2, 0.25) is 0 Å². The first-order valence-corrected chi connectivity index (χ1v) is 7.64. The molecule has 144 valence electrons. The highest BCUT2D eigenvalue weighted by molar-refractivity contribution is 14.0. The van der Waals surface area contributed by atoms with Gasteiger partial charge in [-0.25, -0.2) is 0 Å². The van der Waals surface area contributed by atoms with Crippen molar-refractivity contribution in [3.8, 4) is 0 Å². The highest BCUT2D eigenvalue weighted by Gasteiger charge is 2.38. The van der Waals surface area contributed by atoms with Crippen molar-refractivity contribution in [1.29, 1.82) is 0 Å². The molecule has 2 rings (SSSR count). The van der Waals surface area contributed by atoms with E-state index in [1.807, 2.05) is 17.9 Å². The van der Waals surface area contributed by atoms with Crippen molar-refractivity contribution in [2.75, 3.05) is 39.8 Å². The summed E-state index contributed by atoms with van der Waals surface area (Å²) < 4.78 is 42.1. The van der Waals surface area contributed by atoms with E-state index >= 15 is 0 Å². The minimum atomic E-state index is -4.64. The van der Waals surface area contributed by atoms with E-state index in [4.69, 9.17) is 9.63 Å². The van der Waals surface area contributed by atoms with Gasteiger partial charge in [0, 0.05) is 45.8 Å². The van der Waals surface area contributed by atoms with Gasteiger partial charge in [-0.3, -0.25) is 9.89 Å². The van der Waals surface area contributed by atoms with Crippen LogP contribution >= 0.6 is 24.0 Å². The van der Waals surface area contributed by atoms with E-state index in [1.165, 1.54) is 7.05 Å². The largest absolute Gasteiger partial charge is 0.416 e. The lowest BCUT2D eigenvalue weighted by Gasteiger charge is -2.36. The van der Waals surface area contributed by atoms with E-state index in [1.54, 1.807) is 0 Å². The van der Waals surface area contributed by atoms with Crippen molar-refractivity contribution < 1.29 is 22.8 Å². The summed E-state index contributed by atoms with van der Waals surface area (Å²) in [5, 5.41) is 15.6. The standard InChI is InChI=1S/C14H22F3N5O2.HI/c1-10-7-11(20-24-10)9-21-3-5-22(6-4-21)13(18-2)19-8-12(23)14(15,16)17;/h7,12,23H,3-6,8-9H2,1-2H3,(H,18,19);1H.